The summed E-state index contributed by atoms with van der Waals surface area (Å²) in [5.74, 6) is -0.548. The van der Waals surface area contributed by atoms with E-state index in [1.807, 2.05) is 24.8 Å². The van der Waals surface area contributed by atoms with Gasteiger partial charge in [-0.3, -0.25) is 14.7 Å². The number of ether oxygens (including phenoxy) is 2. The van der Waals surface area contributed by atoms with Gasteiger partial charge in [-0.15, -0.1) is 0 Å². The van der Waals surface area contributed by atoms with Gasteiger partial charge in [0.15, 0.2) is 0 Å². The fourth-order valence-electron chi connectivity index (χ4n) is 6.97. The van der Waals surface area contributed by atoms with E-state index in [2.05, 4.69) is 11.0 Å². The van der Waals surface area contributed by atoms with Crippen LogP contribution in [0.3, 0.4) is 0 Å². The average Bonchev–Trinajstić information content (AvgIpc) is 3.88. The van der Waals surface area contributed by atoms with E-state index >= 15 is 0 Å². The first-order valence-electron chi connectivity index (χ1n) is 16.8. The van der Waals surface area contributed by atoms with Crippen molar-refractivity contribution in [1.29, 1.82) is 0 Å². The molecule has 1 amide bonds. The Kier molecular flexibility index (Phi) is 9.68. The number of esters is 1. The van der Waals surface area contributed by atoms with Gasteiger partial charge in [0.25, 0.3) is 5.91 Å². The van der Waals surface area contributed by atoms with Crippen LogP contribution in [0.5, 0.6) is 5.75 Å². The van der Waals surface area contributed by atoms with Crippen LogP contribution >= 0.6 is 0 Å². The van der Waals surface area contributed by atoms with Crippen LogP contribution in [-0.2, 0) is 24.1 Å². The Hall–Kier alpha value is -3.85. The Morgan fingerprint density at radius 1 is 0.935 bits per heavy atom. The molecule has 0 N–H and O–H groups in total. The molecule has 46 heavy (non-hydrogen) atoms. The SMILES string of the molecule is CCCc1nc2c(cc1C(=O)OCC)C(=O)N(C1CCN(Cc3cc(C4CC4)c(-c4ccc(F)cc4F)cc3OCC)CC1)CC2. The van der Waals surface area contributed by atoms with Gasteiger partial charge in [-0.25, -0.2) is 13.6 Å². The highest BCUT2D eigenvalue weighted by Crippen LogP contribution is 2.47. The van der Waals surface area contributed by atoms with Gasteiger partial charge in [0.2, 0.25) is 0 Å². The average molecular weight is 632 g/mol. The molecule has 2 fully saturated rings. The summed E-state index contributed by atoms with van der Waals surface area (Å²) < 4.78 is 39.9. The van der Waals surface area contributed by atoms with Crippen LogP contribution < -0.4 is 4.74 Å². The van der Waals surface area contributed by atoms with Crippen LogP contribution in [0.25, 0.3) is 11.1 Å². The summed E-state index contributed by atoms with van der Waals surface area (Å²) in [5.41, 5.74) is 5.73. The molecule has 7 nitrogen and oxygen atoms in total. The number of hydrogen-bond acceptors (Lipinski definition) is 6. The molecular weight excluding hydrogens is 588 g/mol. The van der Waals surface area contributed by atoms with Crippen LogP contribution in [0.1, 0.15) is 102 Å². The molecule has 244 valence electrons. The second-order valence-electron chi connectivity index (χ2n) is 12.6. The number of aryl methyl sites for hydroxylation is 1. The molecule has 2 aromatic carbocycles. The molecule has 1 aliphatic carbocycles. The summed E-state index contributed by atoms with van der Waals surface area (Å²) in [5, 5.41) is 0. The maximum Gasteiger partial charge on any atom is 0.340 e. The predicted octanol–water partition coefficient (Wildman–Crippen LogP) is 7.10. The maximum atomic E-state index is 14.9. The molecule has 0 unspecified atom stereocenters. The molecule has 3 heterocycles. The second-order valence-corrected chi connectivity index (χ2v) is 12.6. The third kappa shape index (κ3) is 6.66. The third-order valence-corrected chi connectivity index (χ3v) is 9.41. The Bertz CT molecular complexity index is 1610. The van der Waals surface area contributed by atoms with E-state index < -0.39 is 17.6 Å². The lowest BCUT2D eigenvalue weighted by molar-refractivity contribution is 0.0523. The monoisotopic (exact) mass is 631 g/mol. The largest absolute Gasteiger partial charge is 0.494 e. The molecule has 1 aromatic heterocycles. The summed E-state index contributed by atoms with van der Waals surface area (Å²) in [7, 11) is 0. The quantitative estimate of drug-likeness (QED) is 0.211. The molecule has 0 bridgehead atoms. The molecule has 3 aromatic rings. The fourth-order valence-corrected chi connectivity index (χ4v) is 6.97. The van der Waals surface area contributed by atoms with Crippen molar-refractivity contribution >= 4 is 11.9 Å². The number of nitrogens with zero attached hydrogens (tertiary/aromatic N) is 3. The molecule has 9 heteroatoms. The van der Waals surface area contributed by atoms with Crippen LogP contribution in [0, 0.1) is 11.6 Å². The van der Waals surface area contributed by atoms with Crippen molar-refractivity contribution in [2.45, 2.75) is 84.2 Å². The Balaban J connectivity index is 1.17. The number of piperidine rings is 1. The second kappa shape index (κ2) is 13.9. The van der Waals surface area contributed by atoms with Crippen LogP contribution in [-0.4, -0.2) is 65.6 Å². The highest BCUT2D eigenvalue weighted by molar-refractivity contribution is 6.00. The van der Waals surface area contributed by atoms with Gasteiger partial charge in [-0.1, -0.05) is 13.3 Å². The van der Waals surface area contributed by atoms with Crippen molar-refractivity contribution in [1.82, 2.24) is 14.8 Å². The number of hydrogen-bond donors (Lipinski definition) is 0. The Labute approximate surface area is 269 Å². The molecule has 1 saturated heterocycles. The van der Waals surface area contributed by atoms with Crippen molar-refractivity contribution in [3.05, 3.63) is 81.7 Å². The van der Waals surface area contributed by atoms with Crippen molar-refractivity contribution in [2.75, 3.05) is 32.8 Å². The lowest BCUT2D eigenvalue weighted by Gasteiger charge is -2.40. The van der Waals surface area contributed by atoms with Gasteiger partial charge >= 0.3 is 5.97 Å². The summed E-state index contributed by atoms with van der Waals surface area (Å²) in [4.78, 5) is 35.6. The van der Waals surface area contributed by atoms with E-state index in [0.29, 0.717) is 60.8 Å². The molecule has 3 aliphatic rings. The summed E-state index contributed by atoms with van der Waals surface area (Å²) >= 11 is 0. The van der Waals surface area contributed by atoms with Crippen molar-refractivity contribution in [3.63, 3.8) is 0 Å². The van der Waals surface area contributed by atoms with Crippen LogP contribution in [0.15, 0.2) is 36.4 Å². The van der Waals surface area contributed by atoms with Gasteiger partial charge in [-0.05, 0) is 93.3 Å². The van der Waals surface area contributed by atoms with E-state index in [1.165, 1.54) is 12.1 Å². The minimum absolute atomic E-state index is 0.0582. The highest BCUT2D eigenvalue weighted by atomic mass is 19.1. The van der Waals surface area contributed by atoms with Gasteiger partial charge in [0, 0.05) is 55.8 Å². The highest BCUT2D eigenvalue weighted by Gasteiger charge is 2.35. The standard InChI is InChI=1S/C37H43F2N3O4/c1-4-7-33-31(37(44)46-6-3)20-30-34(40-33)14-17-42(36(30)43)26-12-15-41(16-13-26)22-24-18-28(23-8-9-23)29(21-35(24)45-5-2)27-11-10-25(38)19-32(27)39/h10-11,18-21,23,26H,4-9,12-17,22H2,1-3H3. The first-order valence-corrected chi connectivity index (χ1v) is 16.8. The van der Waals surface area contributed by atoms with Crippen LogP contribution in [0.2, 0.25) is 0 Å². The number of carbonyl (C=O) groups excluding carboxylic acids is 2. The number of halogens is 2. The number of benzene rings is 2. The van der Waals surface area contributed by atoms with Crippen molar-refractivity contribution < 1.29 is 27.8 Å². The van der Waals surface area contributed by atoms with E-state index in [4.69, 9.17) is 14.5 Å². The van der Waals surface area contributed by atoms with Gasteiger partial charge in [-0.2, -0.15) is 0 Å². The first kappa shape index (κ1) is 32.1. The van der Waals surface area contributed by atoms with E-state index in [-0.39, 0.29) is 18.6 Å². The van der Waals surface area contributed by atoms with Crippen LogP contribution in [0.4, 0.5) is 8.78 Å². The number of rotatable bonds is 11. The molecule has 1 saturated carbocycles. The lowest BCUT2D eigenvalue weighted by Crippen LogP contribution is -2.50. The first-order chi connectivity index (χ1) is 22.3. The molecule has 2 aliphatic heterocycles. The zero-order valence-corrected chi connectivity index (χ0v) is 27.0. The third-order valence-electron chi connectivity index (χ3n) is 9.41. The Morgan fingerprint density at radius 2 is 1.72 bits per heavy atom. The summed E-state index contributed by atoms with van der Waals surface area (Å²) in [6.07, 6.45) is 5.97. The summed E-state index contributed by atoms with van der Waals surface area (Å²) in [6.45, 7) is 9.46. The number of amides is 1. The van der Waals surface area contributed by atoms with Crippen molar-refractivity contribution in [3.8, 4) is 16.9 Å². The van der Waals surface area contributed by atoms with Gasteiger partial charge in [0.1, 0.15) is 17.4 Å². The minimum atomic E-state index is -0.589. The molecular formula is C37H43F2N3O4. The van der Waals surface area contributed by atoms with E-state index in [1.54, 1.807) is 13.0 Å². The molecule has 0 atom stereocenters. The number of likely N-dealkylation sites (tertiary alicyclic amines) is 1. The molecule has 6 rings (SSSR count). The van der Waals surface area contributed by atoms with E-state index in [9.17, 15) is 18.4 Å². The molecule has 0 spiro atoms. The topological polar surface area (TPSA) is 72.0 Å². The smallest absolute Gasteiger partial charge is 0.340 e. The number of aromatic nitrogens is 1. The lowest BCUT2D eigenvalue weighted by atomic mass is 9.92. The zero-order valence-electron chi connectivity index (χ0n) is 27.0. The van der Waals surface area contributed by atoms with Gasteiger partial charge < -0.3 is 14.4 Å². The zero-order chi connectivity index (χ0) is 32.4. The van der Waals surface area contributed by atoms with E-state index in [0.717, 1.165) is 79.4 Å². The fraction of sp³-hybridized carbons (Fsp3) is 0.486. The normalized spacial score (nSPS) is 17.2. The van der Waals surface area contributed by atoms with Crippen molar-refractivity contribution in [2.24, 2.45) is 0 Å². The summed E-state index contributed by atoms with van der Waals surface area (Å²) in [6, 6.07) is 9.68. The number of pyridine rings is 1. The Morgan fingerprint density at radius 3 is 2.39 bits per heavy atom. The predicted molar refractivity (Wildman–Crippen MR) is 172 cm³/mol. The minimum Gasteiger partial charge on any atom is -0.494 e. The number of fused-ring (bicyclic) bond motifs is 1. The van der Waals surface area contributed by atoms with Gasteiger partial charge in [0.05, 0.1) is 35.7 Å². The number of carbonyl (C=O) groups is 2. The maximum absolute atomic E-state index is 14.9. The molecule has 0 radical (unpaired) electrons.